The number of aromatic nitrogens is 1. The van der Waals surface area contributed by atoms with Crippen LogP contribution in [0.3, 0.4) is 0 Å². The molecule has 0 radical (unpaired) electrons. The maximum atomic E-state index is 13.0. The number of alkyl halides is 6. The third-order valence-electron chi connectivity index (χ3n) is 4.12. The molecule has 2 N–H and O–H groups in total. The third kappa shape index (κ3) is 5.44. The van der Waals surface area contributed by atoms with Crippen molar-refractivity contribution >= 4 is 17.4 Å². The lowest BCUT2D eigenvalue weighted by atomic mass is 10.1. The Morgan fingerprint density at radius 1 is 0.933 bits per heavy atom. The Labute approximate surface area is 172 Å². The number of anilines is 1. The van der Waals surface area contributed by atoms with E-state index in [1.165, 1.54) is 18.9 Å². The minimum Gasteiger partial charge on any atom is -0.496 e. The predicted molar refractivity (Wildman–Crippen MR) is 102 cm³/mol. The summed E-state index contributed by atoms with van der Waals surface area (Å²) in [5.74, 6) is 0.460. The van der Waals surface area contributed by atoms with Gasteiger partial charge in [0.2, 0.25) is 0 Å². The highest BCUT2D eigenvalue weighted by molar-refractivity contribution is 7.99. The summed E-state index contributed by atoms with van der Waals surface area (Å²) in [6, 6.07) is 10.4. The number of hydrogen-bond donors (Lipinski definition) is 2. The Kier molecular flexibility index (Phi) is 6.25. The summed E-state index contributed by atoms with van der Waals surface area (Å²) in [6.45, 7) is -0.0269. The van der Waals surface area contributed by atoms with Crippen LogP contribution in [0.25, 0.3) is 0 Å². The molecule has 0 aliphatic carbocycles. The van der Waals surface area contributed by atoms with E-state index >= 15 is 0 Å². The molecule has 10 heteroatoms. The summed E-state index contributed by atoms with van der Waals surface area (Å²) in [4.78, 5) is 3.86. The SMILES string of the molecule is COc1ccc(Sc2ccc[nH]2)cc1CNc1cc(C(F)(F)F)cc(C(F)(F)F)c1. The first kappa shape index (κ1) is 21.9. The van der Waals surface area contributed by atoms with Gasteiger partial charge in [-0.3, -0.25) is 0 Å². The Bertz CT molecular complexity index is 967. The first-order valence-corrected chi connectivity index (χ1v) is 9.39. The Morgan fingerprint density at radius 2 is 1.60 bits per heavy atom. The summed E-state index contributed by atoms with van der Waals surface area (Å²) in [5.41, 5.74) is -2.45. The number of hydrogen-bond acceptors (Lipinski definition) is 3. The fourth-order valence-electron chi connectivity index (χ4n) is 2.72. The van der Waals surface area contributed by atoms with Gasteiger partial charge < -0.3 is 15.0 Å². The molecule has 0 saturated heterocycles. The van der Waals surface area contributed by atoms with Gasteiger partial charge in [-0.25, -0.2) is 0 Å². The monoisotopic (exact) mass is 446 g/mol. The number of ether oxygens (including phenoxy) is 1. The molecule has 0 aliphatic rings. The number of H-pyrrole nitrogens is 1. The van der Waals surface area contributed by atoms with Gasteiger partial charge in [-0.05, 0) is 48.5 Å². The van der Waals surface area contributed by atoms with Crippen LogP contribution < -0.4 is 10.1 Å². The number of halogens is 6. The Morgan fingerprint density at radius 3 is 2.13 bits per heavy atom. The molecule has 160 valence electrons. The molecular weight excluding hydrogens is 430 g/mol. The summed E-state index contributed by atoms with van der Waals surface area (Å²) < 4.78 is 83.4. The predicted octanol–water partition coefficient (Wildman–Crippen LogP) is 6.82. The molecule has 1 heterocycles. The fourth-order valence-corrected chi connectivity index (χ4v) is 3.58. The van der Waals surface area contributed by atoms with Crippen molar-refractivity contribution in [3.63, 3.8) is 0 Å². The molecule has 0 saturated carbocycles. The van der Waals surface area contributed by atoms with Crippen LogP contribution in [0.4, 0.5) is 32.0 Å². The Balaban J connectivity index is 1.86. The first-order chi connectivity index (χ1) is 14.1. The van der Waals surface area contributed by atoms with Crippen molar-refractivity contribution in [3.05, 3.63) is 71.4 Å². The van der Waals surface area contributed by atoms with Crippen molar-refractivity contribution in [2.24, 2.45) is 0 Å². The molecule has 0 aliphatic heterocycles. The highest BCUT2D eigenvalue weighted by atomic mass is 32.2. The number of aromatic amines is 1. The van der Waals surface area contributed by atoms with E-state index in [-0.39, 0.29) is 18.3 Å². The molecule has 2 aromatic carbocycles. The number of rotatable bonds is 6. The van der Waals surface area contributed by atoms with Gasteiger partial charge in [0.05, 0.1) is 23.3 Å². The zero-order chi connectivity index (χ0) is 21.9. The molecule has 1 aromatic heterocycles. The smallest absolute Gasteiger partial charge is 0.416 e. The summed E-state index contributed by atoms with van der Waals surface area (Å²) in [6.07, 6.45) is -8.04. The first-order valence-electron chi connectivity index (χ1n) is 8.58. The van der Waals surface area contributed by atoms with E-state index in [1.807, 2.05) is 12.1 Å². The maximum Gasteiger partial charge on any atom is 0.416 e. The van der Waals surface area contributed by atoms with E-state index in [1.54, 1.807) is 24.4 Å². The lowest BCUT2D eigenvalue weighted by molar-refractivity contribution is -0.143. The standard InChI is InChI=1S/C20H16F6N2OS/c1-29-17-5-4-16(30-18-3-2-6-27-18)7-12(17)11-28-15-9-13(19(21,22)23)8-14(10-15)20(24,25)26/h2-10,27-28H,11H2,1H3. The van der Waals surface area contributed by atoms with Crippen LogP contribution in [0.2, 0.25) is 0 Å². The van der Waals surface area contributed by atoms with Gasteiger partial charge >= 0.3 is 12.4 Å². The molecule has 0 unspecified atom stereocenters. The molecule has 3 aromatic rings. The second kappa shape index (κ2) is 8.55. The van der Waals surface area contributed by atoms with Crippen molar-refractivity contribution in [1.82, 2.24) is 4.98 Å². The number of nitrogens with one attached hydrogen (secondary N) is 2. The zero-order valence-electron chi connectivity index (χ0n) is 15.5. The summed E-state index contributed by atoms with van der Waals surface area (Å²) in [5, 5.41) is 3.53. The van der Waals surface area contributed by atoms with Crippen molar-refractivity contribution < 1.29 is 31.1 Å². The topological polar surface area (TPSA) is 37.0 Å². The lowest BCUT2D eigenvalue weighted by Gasteiger charge is -2.16. The molecule has 0 atom stereocenters. The van der Waals surface area contributed by atoms with Crippen molar-refractivity contribution in [2.45, 2.75) is 28.8 Å². The number of benzene rings is 2. The van der Waals surface area contributed by atoms with Crippen LogP contribution in [-0.4, -0.2) is 12.1 Å². The second-order valence-corrected chi connectivity index (χ2v) is 7.37. The van der Waals surface area contributed by atoms with E-state index in [0.29, 0.717) is 23.4 Å². The molecule has 3 nitrogen and oxygen atoms in total. The third-order valence-corrected chi connectivity index (χ3v) is 5.08. The quantitative estimate of drug-likeness (QED) is 0.408. The highest BCUT2D eigenvalue weighted by Crippen LogP contribution is 2.38. The van der Waals surface area contributed by atoms with Gasteiger partial charge in [0.15, 0.2) is 0 Å². The molecule has 0 spiro atoms. The number of methoxy groups -OCH3 is 1. The van der Waals surface area contributed by atoms with Gasteiger partial charge in [-0.15, -0.1) is 0 Å². The van der Waals surface area contributed by atoms with Gasteiger partial charge in [0.1, 0.15) is 5.75 Å². The van der Waals surface area contributed by atoms with E-state index in [0.717, 1.165) is 9.92 Å². The fraction of sp³-hybridized carbons (Fsp3) is 0.200. The highest BCUT2D eigenvalue weighted by Gasteiger charge is 2.36. The van der Waals surface area contributed by atoms with Crippen molar-refractivity contribution in [3.8, 4) is 5.75 Å². The lowest BCUT2D eigenvalue weighted by Crippen LogP contribution is -2.12. The van der Waals surface area contributed by atoms with E-state index in [2.05, 4.69) is 10.3 Å². The molecule has 30 heavy (non-hydrogen) atoms. The van der Waals surface area contributed by atoms with Crippen LogP contribution in [0, 0.1) is 0 Å². The van der Waals surface area contributed by atoms with Crippen LogP contribution in [0.15, 0.2) is 64.6 Å². The van der Waals surface area contributed by atoms with Crippen molar-refractivity contribution in [2.75, 3.05) is 12.4 Å². The second-order valence-electron chi connectivity index (χ2n) is 6.26. The van der Waals surface area contributed by atoms with Crippen LogP contribution in [0.5, 0.6) is 5.75 Å². The zero-order valence-corrected chi connectivity index (χ0v) is 16.3. The summed E-state index contributed by atoms with van der Waals surface area (Å²) in [7, 11) is 1.43. The van der Waals surface area contributed by atoms with Gasteiger partial charge in [-0.2, -0.15) is 26.3 Å². The van der Waals surface area contributed by atoms with Crippen LogP contribution >= 0.6 is 11.8 Å². The molecule has 0 bridgehead atoms. The molecule has 0 fully saturated rings. The normalized spacial score (nSPS) is 12.1. The van der Waals surface area contributed by atoms with Crippen LogP contribution in [0.1, 0.15) is 16.7 Å². The van der Waals surface area contributed by atoms with Crippen LogP contribution in [-0.2, 0) is 18.9 Å². The molecule has 3 rings (SSSR count). The minimum atomic E-state index is -4.90. The average molecular weight is 446 g/mol. The van der Waals surface area contributed by atoms with E-state index < -0.39 is 23.5 Å². The maximum absolute atomic E-state index is 13.0. The average Bonchev–Trinajstić information content (AvgIpc) is 3.18. The van der Waals surface area contributed by atoms with Crippen molar-refractivity contribution in [1.29, 1.82) is 0 Å². The Hall–Kier alpha value is -2.75. The van der Waals surface area contributed by atoms with Gasteiger partial charge in [0, 0.05) is 28.9 Å². The summed E-state index contributed by atoms with van der Waals surface area (Å²) >= 11 is 1.42. The largest absolute Gasteiger partial charge is 0.496 e. The van der Waals surface area contributed by atoms with Gasteiger partial charge in [-0.1, -0.05) is 11.8 Å². The van der Waals surface area contributed by atoms with Gasteiger partial charge in [0.25, 0.3) is 0 Å². The van der Waals surface area contributed by atoms with E-state index in [4.69, 9.17) is 4.74 Å². The minimum absolute atomic E-state index is 0.0269. The molecular formula is C20H16F6N2OS. The molecule has 0 amide bonds. The van der Waals surface area contributed by atoms with E-state index in [9.17, 15) is 26.3 Å².